The Balaban J connectivity index is 4.93. The van der Waals surface area contributed by atoms with Gasteiger partial charge in [-0.15, -0.1) is 0 Å². The lowest BCUT2D eigenvalue weighted by Crippen LogP contribution is -2.47. The summed E-state index contributed by atoms with van der Waals surface area (Å²) in [5.74, 6) is -0.525. The Hall–Kier alpha value is -2.29. The molecule has 0 radical (unpaired) electrons. The number of nitrogens with zero attached hydrogens (tertiary/aromatic N) is 1. The third-order valence-corrected chi connectivity index (χ3v) is 18.6. The Morgan fingerprint density at radius 3 is 1.04 bits per heavy atom. The summed E-state index contributed by atoms with van der Waals surface area (Å²) in [4.78, 5) is 40.3. The third kappa shape index (κ3) is 70.0. The first-order chi connectivity index (χ1) is 43.9. The molecule has 0 aromatic carbocycles. The number of phosphoric ester groups is 1. The second kappa shape index (κ2) is 69.5. The molecule has 0 aromatic heterocycles. The predicted molar refractivity (Wildman–Crippen MR) is 390 cm³/mol. The number of hydrogen-bond acceptors (Lipinski definition) is 7. The molecule has 0 heterocycles. The van der Waals surface area contributed by atoms with Gasteiger partial charge in [0, 0.05) is 12.8 Å². The minimum atomic E-state index is -4.71. The van der Waals surface area contributed by atoms with Gasteiger partial charge >= 0.3 is 5.97 Å². The number of likely N-dealkylation sites (N-methyl/N-ethyl adjacent to an activating group) is 1. The van der Waals surface area contributed by atoms with E-state index in [2.05, 4.69) is 74.7 Å². The van der Waals surface area contributed by atoms with Gasteiger partial charge in [0.25, 0.3) is 7.82 Å². The number of nitrogens with one attached hydrogen (secondary N) is 1. The van der Waals surface area contributed by atoms with Gasteiger partial charge in [-0.1, -0.05) is 339 Å². The summed E-state index contributed by atoms with van der Waals surface area (Å²) in [5, 5.41) is 3.05. The van der Waals surface area contributed by atoms with E-state index in [1.54, 1.807) is 0 Å². The van der Waals surface area contributed by atoms with Crippen molar-refractivity contribution in [3.63, 3.8) is 0 Å². The first kappa shape index (κ1) is 87.7. The molecule has 0 aliphatic carbocycles. The normalized spacial score (nSPS) is 13.7. The van der Waals surface area contributed by atoms with E-state index >= 15 is 0 Å². The zero-order valence-corrected chi connectivity index (χ0v) is 61.5. The summed E-state index contributed by atoms with van der Waals surface area (Å²) in [6.45, 7) is 6.87. The summed E-state index contributed by atoms with van der Waals surface area (Å²) in [6.07, 6.45) is 90.8. The Kier molecular flexibility index (Phi) is 67.8. The predicted octanol–water partition coefficient (Wildman–Crippen LogP) is 24.7. The largest absolute Gasteiger partial charge is 0.756 e. The Bertz CT molecular complexity index is 1720. The van der Waals surface area contributed by atoms with Crippen molar-refractivity contribution in [3.8, 4) is 0 Å². The summed E-state index contributed by atoms with van der Waals surface area (Å²) in [5.41, 5.74) is 0. The molecule has 0 rings (SSSR count). The van der Waals surface area contributed by atoms with E-state index in [9.17, 15) is 19.0 Å². The first-order valence-electron chi connectivity index (χ1n) is 39.1. The molecule has 10 heteroatoms. The van der Waals surface area contributed by atoms with E-state index in [-0.39, 0.29) is 31.5 Å². The topological polar surface area (TPSA) is 114 Å². The van der Waals surface area contributed by atoms with Crippen molar-refractivity contribution in [2.45, 2.75) is 399 Å². The van der Waals surface area contributed by atoms with Crippen LogP contribution in [0.15, 0.2) is 60.8 Å². The summed E-state index contributed by atoms with van der Waals surface area (Å²) >= 11 is 0. The lowest BCUT2D eigenvalue weighted by Gasteiger charge is -2.30. The van der Waals surface area contributed by atoms with Crippen molar-refractivity contribution in [1.82, 2.24) is 5.32 Å². The Morgan fingerprint density at radius 1 is 0.389 bits per heavy atom. The van der Waals surface area contributed by atoms with E-state index in [1.807, 2.05) is 33.3 Å². The SMILES string of the molecule is CCCCC/C=C\C/C=C\C/C=C\CCCCCCCCCCCCCCC(=O)NC(COP(=O)([O-])OCC[N+](C)(C)C)C(/C=C/CCCCCCCCCCCC)OC(=O)CCCCCCCCCCCCCCCCCCC/C=C/CCCCCCCC. The lowest BCUT2D eigenvalue weighted by atomic mass is 10.0. The lowest BCUT2D eigenvalue weighted by molar-refractivity contribution is -0.870. The molecule has 3 unspecified atom stereocenters. The average molecular weight is 1280 g/mol. The van der Waals surface area contributed by atoms with Crippen molar-refractivity contribution >= 4 is 19.7 Å². The number of unbranched alkanes of at least 4 members (excludes halogenated alkanes) is 48. The van der Waals surface area contributed by atoms with E-state index in [0.29, 0.717) is 17.4 Å². The van der Waals surface area contributed by atoms with Crippen LogP contribution in [0.2, 0.25) is 0 Å². The highest BCUT2D eigenvalue weighted by atomic mass is 31.2. The maximum atomic E-state index is 13.6. The standard InChI is InChI=1S/C80H151N2O7P/c1-7-10-13-16-19-22-25-28-30-32-34-36-38-40-41-43-45-47-49-51-53-55-58-61-64-67-70-73-80(84)89-78(71-68-65-62-59-56-27-24-21-18-15-12-9-3)77(76-88-90(85,86)87-75-74-82(4,5)6)81-79(83)72-69-66-63-60-57-54-52-50-48-46-44-42-39-37-35-33-31-29-26-23-20-17-14-11-8-2/h20,23,28-31,35,37,68,71,77-78H,7-19,21-22,24-27,32-34,36,38-67,69-70,72-76H2,1-6H3,(H-,81,83,85,86)/b23-20-,30-28+,31-29-,37-35-,71-68+. The van der Waals surface area contributed by atoms with Crippen molar-refractivity contribution in [2.24, 2.45) is 0 Å². The number of quaternary nitrogens is 1. The van der Waals surface area contributed by atoms with Gasteiger partial charge in [0.15, 0.2) is 0 Å². The fourth-order valence-corrected chi connectivity index (χ4v) is 12.4. The van der Waals surface area contributed by atoms with E-state index < -0.39 is 20.0 Å². The summed E-state index contributed by atoms with van der Waals surface area (Å²) in [7, 11) is 1.20. The summed E-state index contributed by atoms with van der Waals surface area (Å²) < 4.78 is 30.5. The van der Waals surface area contributed by atoms with E-state index in [0.717, 1.165) is 70.6 Å². The fourth-order valence-electron chi connectivity index (χ4n) is 11.6. The average Bonchev–Trinajstić information content (AvgIpc) is 3.11. The number of hydrogen-bond donors (Lipinski definition) is 1. The van der Waals surface area contributed by atoms with Gasteiger partial charge in [0.2, 0.25) is 5.91 Å². The van der Waals surface area contributed by atoms with Crippen molar-refractivity contribution in [1.29, 1.82) is 0 Å². The second-order valence-corrected chi connectivity index (χ2v) is 29.3. The van der Waals surface area contributed by atoms with Crippen LogP contribution >= 0.6 is 7.82 Å². The third-order valence-electron chi connectivity index (χ3n) is 17.7. The molecule has 3 atom stereocenters. The fraction of sp³-hybridized carbons (Fsp3) is 0.850. The van der Waals surface area contributed by atoms with E-state index in [1.165, 1.54) is 283 Å². The molecule has 0 saturated heterocycles. The molecule has 0 fully saturated rings. The van der Waals surface area contributed by atoms with Crippen molar-refractivity contribution in [3.05, 3.63) is 60.8 Å². The van der Waals surface area contributed by atoms with Crippen LogP contribution in [0.25, 0.3) is 0 Å². The molecule has 0 aromatic rings. The molecule has 0 saturated carbocycles. The zero-order valence-electron chi connectivity index (χ0n) is 60.6. The van der Waals surface area contributed by atoms with Crippen molar-refractivity contribution in [2.75, 3.05) is 40.9 Å². The molecular weight excluding hydrogens is 1130 g/mol. The van der Waals surface area contributed by atoms with Crippen LogP contribution in [0, 0.1) is 0 Å². The van der Waals surface area contributed by atoms with Crippen LogP contribution in [-0.2, 0) is 27.9 Å². The highest BCUT2D eigenvalue weighted by Gasteiger charge is 2.27. The second-order valence-electron chi connectivity index (χ2n) is 27.9. The molecule has 0 aliphatic heterocycles. The smallest absolute Gasteiger partial charge is 0.306 e. The molecule has 1 amide bonds. The minimum Gasteiger partial charge on any atom is -0.756 e. The maximum absolute atomic E-state index is 13.6. The van der Waals surface area contributed by atoms with Gasteiger partial charge in [-0.2, -0.15) is 0 Å². The number of amides is 1. The van der Waals surface area contributed by atoms with Crippen LogP contribution in [0.4, 0.5) is 0 Å². The Morgan fingerprint density at radius 2 is 0.678 bits per heavy atom. The molecule has 0 spiro atoms. The number of carbonyl (C=O) groups is 2. The molecule has 528 valence electrons. The number of esters is 1. The van der Waals surface area contributed by atoms with Crippen LogP contribution in [0.1, 0.15) is 387 Å². The molecule has 9 nitrogen and oxygen atoms in total. The minimum absolute atomic E-state index is 0.0217. The van der Waals surface area contributed by atoms with Crippen LogP contribution in [0.5, 0.6) is 0 Å². The quantitative estimate of drug-likeness (QED) is 0.0212. The Labute approximate surface area is 560 Å². The monoisotopic (exact) mass is 1280 g/mol. The van der Waals surface area contributed by atoms with Gasteiger partial charge < -0.3 is 28.5 Å². The number of phosphoric acid groups is 1. The van der Waals surface area contributed by atoms with Gasteiger partial charge in [0.05, 0.1) is 33.8 Å². The number of carbonyl (C=O) groups excluding carboxylic acids is 2. The molecule has 0 aliphatic rings. The number of allylic oxidation sites excluding steroid dienone is 9. The number of ether oxygens (including phenoxy) is 1. The van der Waals surface area contributed by atoms with Gasteiger partial charge in [0.1, 0.15) is 19.3 Å². The first-order valence-corrected chi connectivity index (χ1v) is 40.6. The molecule has 90 heavy (non-hydrogen) atoms. The van der Waals surface area contributed by atoms with Crippen LogP contribution in [0.3, 0.4) is 0 Å². The molecular formula is C80H151N2O7P. The molecule has 1 N–H and O–H groups in total. The number of rotatable bonds is 72. The van der Waals surface area contributed by atoms with Crippen molar-refractivity contribution < 1.29 is 37.3 Å². The van der Waals surface area contributed by atoms with Gasteiger partial charge in [-0.25, -0.2) is 0 Å². The maximum Gasteiger partial charge on any atom is 0.306 e. The molecule has 0 bridgehead atoms. The van der Waals surface area contributed by atoms with Crippen LogP contribution < -0.4 is 10.2 Å². The van der Waals surface area contributed by atoms with E-state index in [4.69, 9.17) is 13.8 Å². The highest BCUT2D eigenvalue weighted by Crippen LogP contribution is 2.38. The highest BCUT2D eigenvalue weighted by molar-refractivity contribution is 7.45. The van der Waals surface area contributed by atoms with Crippen LogP contribution in [-0.4, -0.2) is 69.4 Å². The zero-order chi connectivity index (χ0) is 65.6. The van der Waals surface area contributed by atoms with Gasteiger partial charge in [-0.3, -0.25) is 14.2 Å². The van der Waals surface area contributed by atoms with Gasteiger partial charge in [-0.05, 0) is 96.0 Å². The summed E-state index contributed by atoms with van der Waals surface area (Å²) in [6, 6.07) is -0.890.